The van der Waals surface area contributed by atoms with Crippen molar-refractivity contribution >= 4 is 5.97 Å². The number of hydrogen-bond donors (Lipinski definition) is 4. The van der Waals surface area contributed by atoms with Crippen LogP contribution in [-0.2, 0) is 11.2 Å². The minimum absolute atomic E-state index is 0.0697. The van der Waals surface area contributed by atoms with Crippen LogP contribution in [0.4, 0.5) is 0 Å². The molecule has 0 amide bonds. The molecule has 0 aliphatic heterocycles. The molecule has 1 aromatic carbocycles. The van der Waals surface area contributed by atoms with Gasteiger partial charge >= 0.3 is 5.97 Å². The van der Waals surface area contributed by atoms with E-state index in [1.54, 1.807) is 19.1 Å². The lowest BCUT2D eigenvalue weighted by atomic mass is 9.85. The van der Waals surface area contributed by atoms with Gasteiger partial charge in [0.1, 0.15) is 5.54 Å². The van der Waals surface area contributed by atoms with Crippen molar-refractivity contribution in [3.05, 3.63) is 23.8 Å². The number of rotatable bonds is 8. The molecule has 0 spiro atoms. The molecule has 0 heterocycles. The van der Waals surface area contributed by atoms with Gasteiger partial charge in [0.25, 0.3) is 0 Å². The van der Waals surface area contributed by atoms with Crippen molar-refractivity contribution in [1.29, 1.82) is 0 Å². The van der Waals surface area contributed by atoms with Crippen LogP contribution in [0, 0.1) is 5.92 Å². The van der Waals surface area contributed by atoms with Gasteiger partial charge in [-0.15, -0.1) is 0 Å². The Bertz CT molecular complexity index is 485. The van der Waals surface area contributed by atoms with Gasteiger partial charge in [-0.1, -0.05) is 31.9 Å². The van der Waals surface area contributed by atoms with Crippen LogP contribution in [-0.4, -0.2) is 26.8 Å². The highest BCUT2D eigenvalue weighted by Gasteiger charge is 2.30. The van der Waals surface area contributed by atoms with E-state index in [-0.39, 0.29) is 17.4 Å². The predicted molar refractivity (Wildman–Crippen MR) is 81.3 cm³/mol. The van der Waals surface area contributed by atoms with Crippen LogP contribution in [0.25, 0.3) is 0 Å². The van der Waals surface area contributed by atoms with E-state index in [0.717, 1.165) is 19.3 Å². The maximum Gasteiger partial charge on any atom is 0.323 e. The number of phenolic OH excluding ortho intramolecular Hbond substituents is 2. The maximum atomic E-state index is 11.1. The largest absolute Gasteiger partial charge is 0.504 e. The van der Waals surface area contributed by atoms with Crippen molar-refractivity contribution in [2.24, 2.45) is 11.7 Å². The second-order valence-corrected chi connectivity index (χ2v) is 5.88. The van der Waals surface area contributed by atoms with E-state index in [1.807, 2.05) is 6.92 Å². The molecule has 0 aromatic heterocycles. The minimum Gasteiger partial charge on any atom is -0.504 e. The first kappa shape index (κ1) is 17.3. The van der Waals surface area contributed by atoms with E-state index in [4.69, 9.17) is 10.8 Å². The smallest absolute Gasteiger partial charge is 0.323 e. The molecule has 0 fully saturated rings. The third-order valence-electron chi connectivity index (χ3n) is 3.94. The highest BCUT2D eigenvalue weighted by Crippen LogP contribution is 2.30. The van der Waals surface area contributed by atoms with Gasteiger partial charge in [0.05, 0.1) is 0 Å². The van der Waals surface area contributed by atoms with Crippen molar-refractivity contribution < 1.29 is 20.1 Å². The predicted octanol–water partition coefficient (Wildman–Crippen LogP) is 2.64. The number of para-hydroxylation sites is 1. The molecular formula is C16H25NO4. The molecule has 2 atom stereocenters. The first-order valence-corrected chi connectivity index (χ1v) is 7.30. The van der Waals surface area contributed by atoms with Crippen molar-refractivity contribution in [1.82, 2.24) is 0 Å². The van der Waals surface area contributed by atoms with Crippen LogP contribution in [0.2, 0.25) is 0 Å². The zero-order valence-electron chi connectivity index (χ0n) is 12.7. The molecule has 5 nitrogen and oxygen atoms in total. The van der Waals surface area contributed by atoms with Crippen molar-refractivity contribution in [2.45, 2.75) is 51.5 Å². The zero-order chi connectivity index (χ0) is 16.0. The molecule has 2 unspecified atom stereocenters. The summed E-state index contributed by atoms with van der Waals surface area (Å²) in [4.78, 5) is 11.1. The Morgan fingerprint density at radius 2 is 2.05 bits per heavy atom. The Morgan fingerprint density at radius 3 is 2.62 bits per heavy atom. The highest BCUT2D eigenvalue weighted by atomic mass is 16.4. The highest BCUT2D eigenvalue weighted by molar-refractivity contribution is 5.77. The van der Waals surface area contributed by atoms with E-state index in [2.05, 4.69) is 0 Å². The molecule has 5 heteroatoms. The summed E-state index contributed by atoms with van der Waals surface area (Å²) >= 11 is 0. The van der Waals surface area contributed by atoms with Crippen molar-refractivity contribution in [3.8, 4) is 11.5 Å². The summed E-state index contributed by atoms with van der Waals surface area (Å²) in [6.45, 7) is 3.56. The quantitative estimate of drug-likeness (QED) is 0.552. The first-order chi connectivity index (χ1) is 9.77. The molecule has 0 aliphatic rings. The number of carboxylic acids is 1. The Kier molecular flexibility index (Phi) is 6.03. The summed E-state index contributed by atoms with van der Waals surface area (Å²) in [6.07, 6.45) is 3.60. The number of nitrogens with two attached hydrogens (primary N) is 1. The molecule has 21 heavy (non-hydrogen) atoms. The first-order valence-electron chi connectivity index (χ1n) is 7.30. The second kappa shape index (κ2) is 7.31. The molecule has 118 valence electrons. The Morgan fingerprint density at radius 1 is 1.38 bits per heavy atom. The molecule has 0 aliphatic carbocycles. The van der Waals surface area contributed by atoms with Gasteiger partial charge in [-0.25, -0.2) is 0 Å². The summed E-state index contributed by atoms with van der Waals surface area (Å²) < 4.78 is 0. The molecular weight excluding hydrogens is 270 g/mol. The van der Waals surface area contributed by atoms with Gasteiger partial charge in [0.15, 0.2) is 11.5 Å². The number of aliphatic carboxylic acids is 1. The van der Waals surface area contributed by atoms with E-state index < -0.39 is 11.5 Å². The Hall–Kier alpha value is -1.75. The van der Waals surface area contributed by atoms with Crippen LogP contribution in [0.15, 0.2) is 18.2 Å². The van der Waals surface area contributed by atoms with Crippen molar-refractivity contribution in [3.63, 3.8) is 0 Å². The molecule has 1 rings (SSSR count). The zero-order valence-corrected chi connectivity index (χ0v) is 12.7. The summed E-state index contributed by atoms with van der Waals surface area (Å²) in [5.41, 5.74) is 5.30. The van der Waals surface area contributed by atoms with E-state index in [9.17, 15) is 15.0 Å². The van der Waals surface area contributed by atoms with Gasteiger partial charge in [-0.3, -0.25) is 4.79 Å². The lowest BCUT2D eigenvalue weighted by Gasteiger charge is -2.25. The van der Waals surface area contributed by atoms with Crippen molar-refractivity contribution in [2.75, 3.05) is 0 Å². The van der Waals surface area contributed by atoms with E-state index >= 15 is 0 Å². The van der Waals surface area contributed by atoms with Crippen LogP contribution >= 0.6 is 0 Å². The van der Waals surface area contributed by atoms with Crippen LogP contribution in [0.1, 0.15) is 45.1 Å². The minimum atomic E-state index is -1.20. The lowest BCUT2D eigenvalue weighted by Crippen LogP contribution is -2.46. The average molecular weight is 295 g/mol. The molecule has 0 radical (unpaired) electrons. The van der Waals surface area contributed by atoms with E-state index in [0.29, 0.717) is 18.4 Å². The monoisotopic (exact) mass is 295 g/mol. The topological polar surface area (TPSA) is 104 Å². The maximum absolute atomic E-state index is 11.1. The molecule has 0 saturated heterocycles. The fraction of sp³-hybridized carbons (Fsp3) is 0.562. The van der Waals surface area contributed by atoms with Gasteiger partial charge in [0.2, 0.25) is 0 Å². The number of aryl methyl sites for hydroxylation is 1. The Labute approximate surface area is 125 Å². The number of phenols is 2. The third kappa shape index (κ3) is 4.93. The van der Waals surface area contributed by atoms with Gasteiger partial charge in [0, 0.05) is 0 Å². The van der Waals surface area contributed by atoms with Gasteiger partial charge in [-0.2, -0.15) is 0 Å². The van der Waals surface area contributed by atoms with Gasteiger partial charge in [-0.05, 0) is 43.7 Å². The average Bonchev–Trinajstić information content (AvgIpc) is 2.42. The van der Waals surface area contributed by atoms with Crippen LogP contribution < -0.4 is 5.73 Å². The number of carboxylic acid groups (broad SMARTS) is 1. The van der Waals surface area contributed by atoms with Gasteiger partial charge < -0.3 is 21.1 Å². The second-order valence-electron chi connectivity index (χ2n) is 5.88. The molecule has 0 saturated carbocycles. The third-order valence-corrected chi connectivity index (χ3v) is 3.94. The molecule has 5 N–H and O–H groups in total. The molecule has 1 aromatic rings. The van der Waals surface area contributed by atoms with Crippen LogP contribution in [0.5, 0.6) is 11.5 Å². The number of carbonyl (C=O) groups is 1. The fourth-order valence-electron chi connectivity index (χ4n) is 2.50. The molecule has 0 bridgehead atoms. The SMILES string of the molecule is CCC(CCCc1cccc(O)c1O)CC(C)(N)C(=O)O. The standard InChI is InChI=1S/C16H25NO4/c1-3-11(10-16(2,17)15(20)21)6-4-7-12-8-5-9-13(18)14(12)19/h5,8-9,11,18-19H,3-4,6-7,10,17H2,1-2H3,(H,20,21). The number of hydrogen-bond acceptors (Lipinski definition) is 4. The summed E-state index contributed by atoms with van der Waals surface area (Å²) in [5.74, 6) is -0.929. The summed E-state index contributed by atoms with van der Waals surface area (Å²) in [6, 6.07) is 4.92. The van der Waals surface area contributed by atoms with Crippen LogP contribution in [0.3, 0.4) is 0 Å². The summed E-state index contributed by atoms with van der Waals surface area (Å²) in [5, 5.41) is 28.2. The number of benzene rings is 1. The number of aromatic hydroxyl groups is 2. The van der Waals surface area contributed by atoms with E-state index in [1.165, 1.54) is 6.07 Å². The normalized spacial score (nSPS) is 15.4. The Balaban J connectivity index is 2.53. The lowest BCUT2D eigenvalue weighted by molar-refractivity contribution is -0.143. The fourth-order valence-corrected chi connectivity index (χ4v) is 2.50. The summed E-state index contributed by atoms with van der Waals surface area (Å²) in [7, 11) is 0.